The summed E-state index contributed by atoms with van der Waals surface area (Å²) in [5.74, 6) is -0.0299. The van der Waals surface area contributed by atoms with Gasteiger partial charge in [-0.05, 0) is 36.4 Å². The molecule has 0 atom stereocenters. The van der Waals surface area contributed by atoms with Crippen LogP contribution in [0.4, 0.5) is 17.1 Å². The molecule has 1 aliphatic heterocycles. The maximum Gasteiger partial charge on any atom is 0.244 e. The van der Waals surface area contributed by atoms with E-state index in [1.54, 1.807) is 11.8 Å². The fourth-order valence-electron chi connectivity index (χ4n) is 2.82. The molecule has 1 aliphatic rings. The smallest absolute Gasteiger partial charge is 0.244 e. The second kappa shape index (κ2) is 6.42. The molecule has 1 amide bonds. The number of amides is 1. The molecule has 0 saturated carbocycles. The van der Waals surface area contributed by atoms with E-state index in [-0.39, 0.29) is 12.5 Å². The molecule has 1 N–H and O–H groups in total. The maximum atomic E-state index is 12.5. The van der Waals surface area contributed by atoms with Crippen molar-refractivity contribution in [3.63, 3.8) is 0 Å². The molecule has 0 saturated heterocycles. The van der Waals surface area contributed by atoms with E-state index in [1.807, 2.05) is 54.6 Å². The summed E-state index contributed by atoms with van der Waals surface area (Å²) in [6.45, 7) is 0.281. The zero-order chi connectivity index (χ0) is 16.4. The summed E-state index contributed by atoms with van der Waals surface area (Å²) in [4.78, 5) is 17.0. The SMILES string of the molecule is O=C(CN1c2ccccc2Sc2ccccc21)Nc1ccccc1. The van der Waals surface area contributed by atoms with E-state index in [0.29, 0.717) is 0 Å². The number of para-hydroxylation sites is 3. The monoisotopic (exact) mass is 332 g/mol. The van der Waals surface area contributed by atoms with E-state index in [1.165, 1.54) is 9.79 Å². The van der Waals surface area contributed by atoms with E-state index >= 15 is 0 Å². The number of benzene rings is 3. The average Bonchev–Trinajstić information content (AvgIpc) is 2.62. The summed E-state index contributed by atoms with van der Waals surface area (Å²) in [6, 6.07) is 25.9. The summed E-state index contributed by atoms with van der Waals surface area (Å²) in [5.41, 5.74) is 2.96. The highest BCUT2D eigenvalue weighted by Crippen LogP contribution is 2.47. The van der Waals surface area contributed by atoms with Crippen molar-refractivity contribution in [2.75, 3.05) is 16.8 Å². The van der Waals surface area contributed by atoms with Crippen LogP contribution >= 0.6 is 11.8 Å². The van der Waals surface area contributed by atoms with Gasteiger partial charge in [0.2, 0.25) is 5.91 Å². The molecule has 3 nitrogen and oxygen atoms in total. The Bertz CT molecular complexity index is 834. The number of anilines is 3. The number of carbonyl (C=O) groups is 1. The van der Waals surface area contributed by atoms with Crippen molar-refractivity contribution in [2.45, 2.75) is 9.79 Å². The first kappa shape index (κ1) is 14.8. The van der Waals surface area contributed by atoms with Gasteiger partial charge in [-0.1, -0.05) is 54.2 Å². The van der Waals surface area contributed by atoms with Crippen molar-refractivity contribution in [2.24, 2.45) is 0 Å². The Balaban J connectivity index is 1.64. The first-order valence-electron chi connectivity index (χ1n) is 7.79. The number of nitrogens with one attached hydrogen (secondary N) is 1. The number of hydrogen-bond acceptors (Lipinski definition) is 3. The second-order valence-electron chi connectivity index (χ2n) is 5.54. The number of hydrogen-bond donors (Lipinski definition) is 1. The molecule has 4 heteroatoms. The standard InChI is InChI=1S/C20H16N2OS/c23-20(21-15-8-2-1-3-9-15)14-22-16-10-4-6-12-18(16)24-19-13-7-5-11-17(19)22/h1-13H,14H2,(H,21,23). The van der Waals surface area contributed by atoms with Crippen LogP contribution in [0.3, 0.4) is 0 Å². The topological polar surface area (TPSA) is 32.3 Å². The van der Waals surface area contributed by atoms with Gasteiger partial charge in [-0.15, -0.1) is 0 Å². The number of fused-ring (bicyclic) bond motifs is 2. The van der Waals surface area contributed by atoms with Crippen LogP contribution in [0.25, 0.3) is 0 Å². The van der Waals surface area contributed by atoms with Crippen molar-refractivity contribution in [3.05, 3.63) is 78.9 Å². The number of carbonyl (C=O) groups excluding carboxylic acids is 1. The number of rotatable bonds is 3. The Morgan fingerprint density at radius 1 is 0.792 bits per heavy atom. The van der Waals surface area contributed by atoms with Gasteiger partial charge in [-0.3, -0.25) is 4.79 Å². The van der Waals surface area contributed by atoms with Crippen LogP contribution in [0.15, 0.2) is 88.7 Å². The molecule has 0 spiro atoms. The molecule has 0 aliphatic carbocycles. The molecule has 0 fully saturated rings. The molecule has 0 aromatic heterocycles. The lowest BCUT2D eigenvalue weighted by Crippen LogP contribution is -2.31. The van der Waals surface area contributed by atoms with E-state index in [0.717, 1.165) is 17.1 Å². The normalized spacial score (nSPS) is 12.2. The van der Waals surface area contributed by atoms with E-state index in [4.69, 9.17) is 0 Å². The lowest BCUT2D eigenvalue weighted by molar-refractivity contribution is -0.114. The third kappa shape index (κ3) is 2.88. The molecular formula is C20H16N2OS. The minimum atomic E-state index is -0.0299. The highest BCUT2D eigenvalue weighted by atomic mass is 32.2. The van der Waals surface area contributed by atoms with Gasteiger partial charge in [0.25, 0.3) is 0 Å². The van der Waals surface area contributed by atoms with Gasteiger partial charge in [0.1, 0.15) is 6.54 Å². The van der Waals surface area contributed by atoms with Crippen LogP contribution in [0, 0.1) is 0 Å². The summed E-state index contributed by atoms with van der Waals surface area (Å²) >= 11 is 1.74. The van der Waals surface area contributed by atoms with Crippen molar-refractivity contribution in [3.8, 4) is 0 Å². The summed E-state index contributed by atoms with van der Waals surface area (Å²) < 4.78 is 0. The third-order valence-electron chi connectivity index (χ3n) is 3.89. The molecule has 0 unspecified atom stereocenters. The number of nitrogens with zero attached hydrogens (tertiary/aromatic N) is 1. The highest BCUT2D eigenvalue weighted by molar-refractivity contribution is 7.99. The minimum Gasteiger partial charge on any atom is -0.330 e. The molecular weight excluding hydrogens is 316 g/mol. The molecule has 0 radical (unpaired) electrons. The van der Waals surface area contributed by atoms with Crippen LogP contribution in [-0.2, 0) is 4.79 Å². The summed E-state index contributed by atoms with van der Waals surface area (Å²) in [6.07, 6.45) is 0. The van der Waals surface area contributed by atoms with Crippen LogP contribution in [0.2, 0.25) is 0 Å². The first-order valence-corrected chi connectivity index (χ1v) is 8.61. The first-order chi connectivity index (χ1) is 11.8. The van der Waals surface area contributed by atoms with Crippen LogP contribution in [0.5, 0.6) is 0 Å². The second-order valence-corrected chi connectivity index (χ2v) is 6.62. The van der Waals surface area contributed by atoms with Gasteiger partial charge in [-0.2, -0.15) is 0 Å². The predicted molar refractivity (Wildman–Crippen MR) is 99.1 cm³/mol. The fourth-order valence-corrected chi connectivity index (χ4v) is 3.91. The van der Waals surface area contributed by atoms with Gasteiger partial charge < -0.3 is 10.2 Å². The van der Waals surface area contributed by atoms with Gasteiger partial charge in [-0.25, -0.2) is 0 Å². The molecule has 3 aromatic carbocycles. The van der Waals surface area contributed by atoms with Crippen molar-refractivity contribution in [1.82, 2.24) is 0 Å². The van der Waals surface area contributed by atoms with Crippen LogP contribution in [0.1, 0.15) is 0 Å². The molecule has 118 valence electrons. The van der Waals surface area contributed by atoms with E-state index < -0.39 is 0 Å². The van der Waals surface area contributed by atoms with Crippen molar-refractivity contribution < 1.29 is 4.79 Å². The quantitative estimate of drug-likeness (QED) is 0.738. The zero-order valence-electron chi connectivity index (χ0n) is 13.0. The molecule has 0 bridgehead atoms. The maximum absolute atomic E-state index is 12.5. The Morgan fingerprint density at radius 3 is 1.96 bits per heavy atom. The fraction of sp³-hybridized carbons (Fsp3) is 0.0500. The molecule has 4 rings (SSSR count). The minimum absolute atomic E-state index is 0.0299. The van der Waals surface area contributed by atoms with Crippen LogP contribution in [-0.4, -0.2) is 12.5 Å². The molecule has 24 heavy (non-hydrogen) atoms. The van der Waals surface area contributed by atoms with Crippen molar-refractivity contribution in [1.29, 1.82) is 0 Å². The Morgan fingerprint density at radius 2 is 1.33 bits per heavy atom. The molecule has 3 aromatic rings. The molecule has 1 heterocycles. The third-order valence-corrected chi connectivity index (χ3v) is 5.02. The van der Waals surface area contributed by atoms with Gasteiger partial charge in [0.15, 0.2) is 0 Å². The van der Waals surface area contributed by atoms with E-state index in [9.17, 15) is 4.79 Å². The largest absolute Gasteiger partial charge is 0.330 e. The van der Waals surface area contributed by atoms with Gasteiger partial charge in [0, 0.05) is 15.5 Å². The van der Waals surface area contributed by atoms with Crippen LogP contribution < -0.4 is 10.2 Å². The average molecular weight is 332 g/mol. The Kier molecular flexibility index (Phi) is 3.97. The zero-order valence-corrected chi connectivity index (χ0v) is 13.8. The Labute approximate surface area is 145 Å². The highest BCUT2D eigenvalue weighted by Gasteiger charge is 2.24. The predicted octanol–water partition coefficient (Wildman–Crippen LogP) is 4.93. The summed E-state index contributed by atoms with van der Waals surface area (Å²) in [7, 11) is 0. The van der Waals surface area contributed by atoms with E-state index in [2.05, 4.69) is 34.5 Å². The lowest BCUT2D eigenvalue weighted by Gasteiger charge is -2.32. The summed E-state index contributed by atoms with van der Waals surface area (Å²) in [5, 5.41) is 2.96. The Hall–Kier alpha value is -2.72. The lowest BCUT2D eigenvalue weighted by atomic mass is 10.2. The van der Waals surface area contributed by atoms with Gasteiger partial charge >= 0.3 is 0 Å². The van der Waals surface area contributed by atoms with Crippen molar-refractivity contribution >= 4 is 34.7 Å². The van der Waals surface area contributed by atoms with Gasteiger partial charge in [0.05, 0.1) is 11.4 Å².